The molecule has 0 bridgehead atoms. The minimum Gasteiger partial charge on any atom is -0.463 e. The van der Waals surface area contributed by atoms with Crippen molar-refractivity contribution in [2.24, 2.45) is 11.8 Å². The Bertz CT molecular complexity index is 395. The Morgan fingerprint density at radius 1 is 1.44 bits per heavy atom. The molecule has 1 aliphatic rings. The summed E-state index contributed by atoms with van der Waals surface area (Å²) in [6.45, 7) is 4.86. The molecule has 18 heavy (non-hydrogen) atoms. The summed E-state index contributed by atoms with van der Waals surface area (Å²) in [6.07, 6.45) is 6.78. The van der Waals surface area contributed by atoms with E-state index in [1.165, 1.54) is 25.7 Å². The monoisotopic (exact) mass is 250 g/mol. The summed E-state index contributed by atoms with van der Waals surface area (Å²) < 4.78 is 5.67. The van der Waals surface area contributed by atoms with Crippen molar-refractivity contribution in [2.75, 3.05) is 6.61 Å². The lowest BCUT2D eigenvalue weighted by Gasteiger charge is -2.26. The van der Waals surface area contributed by atoms with Crippen LogP contribution in [-0.4, -0.2) is 21.7 Å². The van der Waals surface area contributed by atoms with E-state index in [4.69, 9.17) is 9.84 Å². The fourth-order valence-corrected chi connectivity index (χ4v) is 2.60. The summed E-state index contributed by atoms with van der Waals surface area (Å²) in [6, 6.07) is 0.433. The molecule has 1 N–H and O–H groups in total. The van der Waals surface area contributed by atoms with Crippen LogP contribution in [0.15, 0.2) is 6.20 Å². The topological polar surface area (TPSA) is 55.2 Å². The van der Waals surface area contributed by atoms with Crippen molar-refractivity contribution in [1.82, 2.24) is 9.97 Å². The van der Waals surface area contributed by atoms with Crippen LogP contribution < -0.4 is 4.74 Å². The predicted octanol–water partition coefficient (Wildman–Crippen LogP) is 2.48. The molecular formula is C14H22N2O2. The van der Waals surface area contributed by atoms with Crippen LogP contribution >= 0.6 is 0 Å². The van der Waals surface area contributed by atoms with Gasteiger partial charge in [-0.05, 0) is 31.6 Å². The number of hydrogen-bond donors (Lipinski definition) is 1. The maximum atomic E-state index is 9.05. The Labute approximate surface area is 108 Å². The molecule has 0 aliphatic heterocycles. The van der Waals surface area contributed by atoms with Gasteiger partial charge in [-0.25, -0.2) is 9.97 Å². The molecule has 0 saturated heterocycles. The first-order valence-electron chi connectivity index (χ1n) is 6.75. The minimum atomic E-state index is -0.0216. The van der Waals surface area contributed by atoms with E-state index in [0.29, 0.717) is 18.5 Å². The number of aliphatic hydroxyl groups excluding tert-OH is 1. The Hall–Kier alpha value is -1.16. The summed E-state index contributed by atoms with van der Waals surface area (Å²) >= 11 is 0. The second-order valence-electron chi connectivity index (χ2n) is 5.37. The highest BCUT2D eigenvalue weighted by Gasteiger charge is 2.19. The van der Waals surface area contributed by atoms with Crippen LogP contribution in [0.5, 0.6) is 6.01 Å². The summed E-state index contributed by atoms with van der Waals surface area (Å²) in [7, 11) is 0. The van der Waals surface area contributed by atoms with E-state index < -0.39 is 0 Å². The van der Waals surface area contributed by atoms with Crippen LogP contribution in [0.4, 0.5) is 0 Å². The second-order valence-corrected chi connectivity index (χ2v) is 5.37. The Kier molecular flexibility index (Phi) is 4.53. The normalized spacial score (nSPS) is 23.9. The number of ether oxygens (including phenoxy) is 1. The van der Waals surface area contributed by atoms with Crippen molar-refractivity contribution in [2.45, 2.75) is 46.1 Å². The lowest BCUT2D eigenvalue weighted by atomic mass is 9.83. The van der Waals surface area contributed by atoms with Crippen molar-refractivity contribution in [3.05, 3.63) is 17.5 Å². The molecular weight excluding hydrogens is 228 g/mol. The first-order valence-corrected chi connectivity index (χ1v) is 6.75. The van der Waals surface area contributed by atoms with Crippen molar-refractivity contribution in [3.8, 4) is 6.01 Å². The highest BCUT2D eigenvalue weighted by molar-refractivity contribution is 5.16. The molecule has 0 aromatic carbocycles. The zero-order valence-electron chi connectivity index (χ0n) is 11.2. The molecule has 1 saturated carbocycles. The predicted molar refractivity (Wildman–Crippen MR) is 69.3 cm³/mol. The van der Waals surface area contributed by atoms with Gasteiger partial charge in [0.2, 0.25) is 0 Å². The molecule has 100 valence electrons. The van der Waals surface area contributed by atoms with Crippen molar-refractivity contribution >= 4 is 0 Å². The average molecular weight is 250 g/mol. The minimum absolute atomic E-state index is 0.0216. The molecule has 1 heterocycles. The summed E-state index contributed by atoms with van der Waals surface area (Å²) in [5.74, 6) is 1.45. The van der Waals surface area contributed by atoms with Crippen LogP contribution in [0.2, 0.25) is 0 Å². The van der Waals surface area contributed by atoms with Crippen LogP contribution in [0, 0.1) is 18.8 Å². The van der Waals surface area contributed by atoms with Gasteiger partial charge in [0.1, 0.15) is 0 Å². The number of nitrogens with zero attached hydrogens (tertiary/aromatic N) is 2. The van der Waals surface area contributed by atoms with Crippen LogP contribution in [-0.2, 0) is 6.61 Å². The zero-order valence-corrected chi connectivity index (χ0v) is 11.2. The van der Waals surface area contributed by atoms with Gasteiger partial charge in [0.05, 0.1) is 18.9 Å². The molecule has 0 spiro atoms. The second kappa shape index (κ2) is 6.14. The summed E-state index contributed by atoms with van der Waals surface area (Å²) in [4.78, 5) is 8.37. The first kappa shape index (κ1) is 13.3. The van der Waals surface area contributed by atoms with E-state index in [-0.39, 0.29) is 6.61 Å². The van der Waals surface area contributed by atoms with Gasteiger partial charge in [-0.2, -0.15) is 0 Å². The fourth-order valence-electron chi connectivity index (χ4n) is 2.60. The van der Waals surface area contributed by atoms with E-state index >= 15 is 0 Å². The molecule has 4 heteroatoms. The van der Waals surface area contributed by atoms with Crippen LogP contribution in [0.3, 0.4) is 0 Å². The quantitative estimate of drug-likeness (QED) is 0.892. The highest BCUT2D eigenvalue weighted by atomic mass is 16.5. The van der Waals surface area contributed by atoms with Gasteiger partial charge in [-0.3, -0.25) is 0 Å². The number of aromatic nitrogens is 2. The molecule has 2 unspecified atom stereocenters. The average Bonchev–Trinajstić information content (AvgIpc) is 2.37. The smallest absolute Gasteiger partial charge is 0.316 e. The molecule has 0 radical (unpaired) electrons. The lowest BCUT2D eigenvalue weighted by molar-refractivity contribution is 0.172. The molecule has 1 aliphatic carbocycles. The largest absolute Gasteiger partial charge is 0.463 e. The standard InChI is InChI=1S/C14H22N2O2/c1-10-4-3-5-12(6-10)9-18-14-15-7-13(8-17)11(2)16-14/h7,10,12,17H,3-6,8-9H2,1-2H3. The third kappa shape index (κ3) is 3.42. The van der Waals surface area contributed by atoms with Crippen LogP contribution in [0.25, 0.3) is 0 Å². The lowest BCUT2D eigenvalue weighted by Crippen LogP contribution is -2.20. The summed E-state index contributed by atoms with van der Waals surface area (Å²) in [5, 5.41) is 9.05. The van der Waals surface area contributed by atoms with E-state index in [1.807, 2.05) is 6.92 Å². The molecule has 1 aromatic heterocycles. The van der Waals surface area contributed by atoms with Gasteiger partial charge in [0.15, 0.2) is 0 Å². The molecule has 1 aromatic rings. The molecule has 0 amide bonds. The summed E-state index contributed by atoms with van der Waals surface area (Å²) in [5.41, 5.74) is 1.55. The van der Waals surface area contributed by atoms with Crippen molar-refractivity contribution in [1.29, 1.82) is 0 Å². The van der Waals surface area contributed by atoms with Crippen molar-refractivity contribution in [3.63, 3.8) is 0 Å². The highest BCUT2D eigenvalue weighted by Crippen LogP contribution is 2.28. The van der Waals surface area contributed by atoms with Gasteiger partial charge in [0, 0.05) is 11.8 Å². The molecule has 2 atom stereocenters. The van der Waals surface area contributed by atoms with Gasteiger partial charge in [-0.1, -0.05) is 19.8 Å². The third-order valence-corrected chi connectivity index (χ3v) is 3.72. The van der Waals surface area contributed by atoms with Gasteiger partial charge in [-0.15, -0.1) is 0 Å². The maximum absolute atomic E-state index is 9.05. The van der Waals surface area contributed by atoms with Gasteiger partial charge >= 0.3 is 6.01 Å². The number of aliphatic hydroxyl groups is 1. The van der Waals surface area contributed by atoms with Crippen molar-refractivity contribution < 1.29 is 9.84 Å². The van der Waals surface area contributed by atoms with E-state index in [1.54, 1.807) is 6.20 Å². The number of rotatable bonds is 4. The Morgan fingerprint density at radius 3 is 2.94 bits per heavy atom. The first-order chi connectivity index (χ1) is 8.69. The number of aryl methyl sites for hydroxylation is 1. The van der Waals surface area contributed by atoms with Gasteiger partial charge < -0.3 is 9.84 Å². The fraction of sp³-hybridized carbons (Fsp3) is 0.714. The van der Waals surface area contributed by atoms with Crippen LogP contribution in [0.1, 0.15) is 43.9 Å². The molecule has 2 rings (SSSR count). The van der Waals surface area contributed by atoms with E-state index in [0.717, 1.165) is 17.2 Å². The zero-order chi connectivity index (χ0) is 13.0. The van der Waals surface area contributed by atoms with E-state index in [2.05, 4.69) is 16.9 Å². The Morgan fingerprint density at radius 2 is 2.28 bits per heavy atom. The maximum Gasteiger partial charge on any atom is 0.316 e. The Balaban J connectivity index is 1.88. The molecule has 1 fully saturated rings. The third-order valence-electron chi connectivity index (χ3n) is 3.72. The molecule has 4 nitrogen and oxygen atoms in total. The number of hydrogen-bond acceptors (Lipinski definition) is 4. The SMILES string of the molecule is Cc1nc(OCC2CCCC(C)C2)ncc1CO. The van der Waals surface area contributed by atoms with Gasteiger partial charge in [0.25, 0.3) is 0 Å². The van der Waals surface area contributed by atoms with E-state index in [9.17, 15) is 0 Å².